The van der Waals surface area contributed by atoms with Crippen LogP contribution in [0.2, 0.25) is 0 Å². The number of ether oxygens (including phenoxy) is 1. The summed E-state index contributed by atoms with van der Waals surface area (Å²) in [6.07, 6.45) is 3.32. The molecular weight excluding hydrogens is 272 g/mol. The number of carbonyl (C=O) groups excluding carboxylic acids is 1. The summed E-state index contributed by atoms with van der Waals surface area (Å²) in [7, 11) is 0. The quantitative estimate of drug-likeness (QED) is 0.652. The summed E-state index contributed by atoms with van der Waals surface area (Å²) in [5, 5.41) is 17.7. The van der Waals surface area contributed by atoms with Crippen molar-refractivity contribution < 1.29 is 14.6 Å². The molecule has 7 heteroatoms. The Labute approximate surface area is 121 Å². The molecule has 2 N–H and O–H groups in total. The van der Waals surface area contributed by atoms with Crippen LogP contribution < -0.4 is 0 Å². The largest absolute Gasteiger partial charge is 0.493 e. The molecule has 0 fully saturated rings. The second kappa shape index (κ2) is 6.65. The van der Waals surface area contributed by atoms with Crippen LogP contribution in [0.4, 0.5) is 5.69 Å². The fraction of sp³-hybridized carbons (Fsp3) is 0.286. The molecule has 21 heavy (non-hydrogen) atoms. The highest BCUT2D eigenvalue weighted by Crippen LogP contribution is 2.33. The average Bonchev–Trinajstić information content (AvgIpc) is 2.75. The number of H-pyrrole nitrogens is 1. The predicted molar refractivity (Wildman–Crippen MR) is 75.6 cm³/mol. The van der Waals surface area contributed by atoms with Crippen LogP contribution in [0.3, 0.4) is 0 Å². The molecule has 0 aliphatic heterocycles. The van der Waals surface area contributed by atoms with Crippen LogP contribution in [-0.4, -0.2) is 27.7 Å². The predicted octanol–water partition coefficient (Wildman–Crippen LogP) is 2.88. The van der Waals surface area contributed by atoms with E-state index < -0.39 is 5.97 Å². The van der Waals surface area contributed by atoms with Gasteiger partial charge < -0.3 is 14.8 Å². The van der Waals surface area contributed by atoms with Gasteiger partial charge in [0.2, 0.25) is 5.88 Å². The molecule has 0 saturated carbocycles. The van der Waals surface area contributed by atoms with Crippen LogP contribution in [0.25, 0.3) is 0 Å². The van der Waals surface area contributed by atoms with Crippen molar-refractivity contribution in [1.29, 1.82) is 0 Å². The van der Waals surface area contributed by atoms with Crippen LogP contribution in [-0.2, 0) is 11.3 Å². The highest BCUT2D eigenvalue weighted by molar-refractivity contribution is 5.97. The van der Waals surface area contributed by atoms with Gasteiger partial charge in [-0.1, -0.05) is 0 Å². The van der Waals surface area contributed by atoms with Gasteiger partial charge in [-0.05, 0) is 31.5 Å². The lowest BCUT2D eigenvalue weighted by Gasteiger charge is -2.01. The second-order valence-corrected chi connectivity index (χ2v) is 4.30. The second-order valence-electron chi connectivity index (χ2n) is 4.30. The molecule has 2 rings (SSSR count). The zero-order valence-corrected chi connectivity index (χ0v) is 11.8. The molecule has 0 aliphatic carbocycles. The summed E-state index contributed by atoms with van der Waals surface area (Å²) < 4.78 is 4.95. The lowest BCUT2D eigenvalue weighted by molar-refractivity contribution is 0.0526. The summed E-state index contributed by atoms with van der Waals surface area (Å²) in [5.41, 5.74) is 1.72. The van der Waals surface area contributed by atoms with Gasteiger partial charge >= 0.3 is 5.97 Å². The first-order chi connectivity index (χ1) is 10.1. The fourth-order valence-corrected chi connectivity index (χ4v) is 1.82. The minimum Gasteiger partial charge on any atom is -0.493 e. The Kier molecular flexibility index (Phi) is 4.65. The van der Waals surface area contributed by atoms with Crippen LogP contribution in [0, 0.1) is 6.92 Å². The van der Waals surface area contributed by atoms with E-state index in [0.29, 0.717) is 12.2 Å². The maximum Gasteiger partial charge on any atom is 0.342 e. The van der Waals surface area contributed by atoms with Crippen molar-refractivity contribution >= 4 is 11.7 Å². The van der Waals surface area contributed by atoms with Crippen molar-refractivity contribution in [3.8, 4) is 5.88 Å². The number of esters is 1. The third-order valence-corrected chi connectivity index (χ3v) is 2.79. The highest BCUT2D eigenvalue weighted by atomic mass is 16.5. The van der Waals surface area contributed by atoms with Crippen molar-refractivity contribution in [2.45, 2.75) is 20.4 Å². The zero-order chi connectivity index (χ0) is 15.2. The van der Waals surface area contributed by atoms with Crippen molar-refractivity contribution in [3.05, 3.63) is 41.3 Å². The molecule has 0 atom stereocenters. The van der Waals surface area contributed by atoms with Crippen LogP contribution in [0.1, 0.15) is 28.5 Å². The molecule has 7 nitrogen and oxygen atoms in total. The summed E-state index contributed by atoms with van der Waals surface area (Å²) in [5.74, 6) is -0.738. The molecule has 2 aromatic rings. The number of carbonyl (C=O) groups is 1. The molecule has 2 heterocycles. The Bertz CT molecular complexity index is 650. The van der Waals surface area contributed by atoms with Gasteiger partial charge in [0.05, 0.1) is 13.2 Å². The topological polar surface area (TPSA) is 99.9 Å². The zero-order valence-electron chi connectivity index (χ0n) is 11.8. The van der Waals surface area contributed by atoms with E-state index in [1.54, 1.807) is 26.2 Å². The highest BCUT2D eigenvalue weighted by Gasteiger charge is 2.22. The first-order valence-electron chi connectivity index (χ1n) is 6.48. The summed E-state index contributed by atoms with van der Waals surface area (Å²) in [6, 6.07) is 3.63. The van der Waals surface area contributed by atoms with E-state index in [1.165, 1.54) is 0 Å². The van der Waals surface area contributed by atoms with Gasteiger partial charge in [0.25, 0.3) is 0 Å². The third-order valence-electron chi connectivity index (χ3n) is 2.79. The number of rotatable bonds is 5. The summed E-state index contributed by atoms with van der Waals surface area (Å²) >= 11 is 0. The monoisotopic (exact) mass is 288 g/mol. The Morgan fingerprint density at radius 3 is 2.81 bits per heavy atom. The van der Waals surface area contributed by atoms with Crippen molar-refractivity contribution in [1.82, 2.24) is 9.97 Å². The van der Waals surface area contributed by atoms with E-state index in [1.807, 2.05) is 12.1 Å². The molecule has 0 spiro atoms. The molecule has 0 aromatic carbocycles. The van der Waals surface area contributed by atoms with Gasteiger partial charge in [-0.15, -0.1) is 5.11 Å². The number of nitrogens with zero attached hydrogens (tertiary/aromatic N) is 3. The fourth-order valence-electron chi connectivity index (χ4n) is 1.82. The lowest BCUT2D eigenvalue weighted by Crippen LogP contribution is -2.05. The van der Waals surface area contributed by atoms with E-state index in [9.17, 15) is 9.90 Å². The van der Waals surface area contributed by atoms with Gasteiger partial charge in [-0.3, -0.25) is 4.98 Å². The Balaban J connectivity index is 2.21. The molecule has 110 valence electrons. The van der Waals surface area contributed by atoms with Gasteiger partial charge in [0.1, 0.15) is 5.56 Å². The average molecular weight is 288 g/mol. The van der Waals surface area contributed by atoms with E-state index in [2.05, 4.69) is 20.2 Å². The minimum atomic E-state index is -0.538. The molecule has 0 bridgehead atoms. The number of hydrogen-bond acceptors (Lipinski definition) is 6. The molecule has 0 unspecified atom stereocenters. The Morgan fingerprint density at radius 1 is 1.43 bits per heavy atom. The molecule has 0 aliphatic rings. The number of pyridine rings is 1. The standard InChI is InChI=1S/C14H16N4O3/c1-3-21-14(20)11-9(2)17-13(19)12(11)18-16-8-10-4-6-15-7-5-10/h4-7,17,19H,3,8H2,1-2H3. The maximum absolute atomic E-state index is 11.9. The van der Waals surface area contributed by atoms with E-state index in [4.69, 9.17) is 4.74 Å². The smallest absolute Gasteiger partial charge is 0.342 e. The molecule has 0 radical (unpaired) electrons. The Morgan fingerprint density at radius 2 is 2.14 bits per heavy atom. The first-order valence-corrected chi connectivity index (χ1v) is 6.48. The van der Waals surface area contributed by atoms with Crippen molar-refractivity contribution in [2.75, 3.05) is 6.61 Å². The van der Waals surface area contributed by atoms with Crippen LogP contribution in [0.15, 0.2) is 34.8 Å². The van der Waals surface area contributed by atoms with Crippen molar-refractivity contribution in [2.24, 2.45) is 10.2 Å². The number of aromatic hydroxyl groups is 1. The first kappa shape index (κ1) is 14.7. The van der Waals surface area contributed by atoms with E-state index >= 15 is 0 Å². The molecule has 0 saturated heterocycles. The molecular formula is C14H16N4O3. The number of nitrogens with one attached hydrogen (secondary N) is 1. The number of hydrogen-bond donors (Lipinski definition) is 2. The van der Waals surface area contributed by atoms with Crippen LogP contribution in [0.5, 0.6) is 5.88 Å². The number of aromatic nitrogens is 2. The van der Waals surface area contributed by atoms with E-state index in [0.717, 1.165) is 5.56 Å². The third kappa shape index (κ3) is 3.44. The van der Waals surface area contributed by atoms with Gasteiger partial charge in [0, 0.05) is 18.1 Å². The van der Waals surface area contributed by atoms with Crippen LogP contribution >= 0.6 is 0 Å². The normalized spacial score (nSPS) is 11.0. The molecule has 2 aromatic heterocycles. The minimum absolute atomic E-state index is 0.0972. The SMILES string of the molecule is CCOC(=O)c1c(C)[nH]c(O)c1N=NCc1ccncc1. The lowest BCUT2D eigenvalue weighted by atomic mass is 10.2. The summed E-state index contributed by atoms with van der Waals surface area (Å²) in [6.45, 7) is 3.95. The van der Waals surface area contributed by atoms with Crippen molar-refractivity contribution in [3.63, 3.8) is 0 Å². The number of aromatic amines is 1. The van der Waals surface area contributed by atoms with Gasteiger partial charge in [0.15, 0.2) is 5.69 Å². The van der Waals surface area contributed by atoms with Gasteiger partial charge in [-0.2, -0.15) is 5.11 Å². The molecule has 0 amide bonds. The van der Waals surface area contributed by atoms with Gasteiger partial charge in [-0.25, -0.2) is 4.79 Å². The van der Waals surface area contributed by atoms with E-state index in [-0.39, 0.29) is 23.7 Å². The maximum atomic E-state index is 11.9. The number of azo groups is 1. The Hall–Kier alpha value is -2.70. The number of aryl methyl sites for hydroxylation is 1. The summed E-state index contributed by atoms with van der Waals surface area (Å²) in [4.78, 5) is 18.4.